The first-order chi connectivity index (χ1) is 5.88. The summed E-state index contributed by atoms with van der Waals surface area (Å²) in [6.45, 7) is 4.58. The number of nitrogens with two attached hydrogens (primary N) is 1. The fraction of sp³-hybridized carbons (Fsp3) is 1.00. The van der Waals surface area contributed by atoms with Gasteiger partial charge in [-0.1, -0.05) is 6.42 Å². The maximum atomic E-state index is 5.57. The van der Waals surface area contributed by atoms with Crippen molar-refractivity contribution in [2.75, 3.05) is 26.2 Å². The molecule has 2 heteroatoms. The molecule has 0 radical (unpaired) electrons. The highest BCUT2D eigenvalue weighted by Gasteiger charge is 2.29. The standard InChI is InChI=1S/C10H20N2/c11-4-6-12-5-3-9-1-2-10(7-9)8-12/h9-10H,1-8,11H2. The van der Waals surface area contributed by atoms with Gasteiger partial charge in [0.2, 0.25) is 0 Å². The van der Waals surface area contributed by atoms with Crippen LogP contribution in [0.2, 0.25) is 0 Å². The lowest BCUT2D eigenvalue weighted by molar-refractivity contribution is 0.243. The Morgan fingerprint density at radius 3 is 2.83 bits per heavy atom. The molecule has 0 aromatic heterocycles. The van der Waals surface area contributed by atoms with Crippen molar-refractivity contribution in [1.82, 2.24) is 4.90 Å². The Labute approximate surface area is 75.1 Å². The van der Waals surface area contributed by atoms with Gasteiger partial charge in [0.25, 0.3) is 0 Å². The second-order valence-electron chi connectivity index (χ2n) is 4.42. The smallest absolute Gasteiger partial charge is 0.0105 e. The third kappa shape index (κ3) is 1.80. The molecular formula is C10H20N2. The van der Waals surface area contributed by atoms with Gasteiger partial charge in [-0.2, -0.15) is 0 Å². The number of likely N-dealkylation sites (tertiary alicyclic amines) is 1. The first kappa shape index (κ1) is 8.52. The third-order valence-corrected chi connectivity index (χ3v) is 3.47. The van der Waals surface area contributed by atoms with Crippen molar-refractivity contribution >= 4 is 0 Å². The van der Waals surface area contributed by atoms with E-state index in [0.717, 1.165) is 24.9 Å². The summed E-state index contributed by atoms with van der Waals surface area (Å²) in [5.74, 6) is 2.06. The molecule has 12 heavy (non-hydrogen) atoms. The Bertz CT molecular complexity index is 147. The van der Waals surface area contributed by atoms with E-state index in [4.69, 9.17) is 5.73 Å². The van der Waals surface area contributed by atoms with Crippen LogP contribution in [-0.2, 0) is 0 Å². The van der Waals surface area contributed by atoms with E-state index in [9.17, 15) is 0 Å². The molecule has 0 aromatic carbocycles. The molecule has 1 heterocycles. The summed E-state index contributed by atoms with van der Waals surface area (Å²) < 4.78 is 0. The number of hydrogen-bond donors (Lipinski definition) is 1. The molecule has 0 spiro atoms. The molecule has 2 aliphatic rings. The molecule has 1 aliphatic carbocycles. The topological polar surface area (TPSA) is 29.3 Å². The van der Waals surface area contributed by atoms with E-state index in [1.54, 1.807) is 0 Å². The van der Waals surface area contributed by atoms with Gasteiger partial charge < -0.3 is 10.6 Å². The second kappa shape index (κ2) is 3.75. The van der Waals surface area contributed by atoms with E-state index in [-0.39, 0.29) is 0 Å². The van der Waals surface area contributed by atoms with Gasteiger partial charge in [-0.05, 0) is 37.6 Å². The minimum Gasteiger partial charge on any atom is -0.329 e. The molecule has 1 aliphatic heterocycles. The molecule has 2 nitrogen and oxygen atoms in total. The predicted molar refractivity (Wildman–Crippen MR) is 50.9 cm³/mol. The predicted octanol–water partition coefficient (Wildman–Crippen LogP) is 1.07. The zero-order valence-corrected chi connectivity index (χ0v) is 7.84. The molecule has 1 saturated heterocycles. The van der Waals surface area contributed by atoms with Crippen LogP contribution in [0.25, 0.3) is 0 Å². The lowest BCUT2D eigenvalue weighted by atomic mass is 10.0. The van der Waals surface area contributed by atoms with Crippen LogP contribution in [0, 0.1) is 11.8 Å². The highest BCUT2D eigenvalue weighted by molar-refractivity contribution is 4.82. The summed E-state index contributed by atoms with van der Waals surface area (Å²) in [6.07, 6.45) is 5.91. The van der Waals surface area contributed by atoms with Crippen molar-refractivity contribution in [3.8, 4) is 0 Å². The molecule has 2 rings (SSSR count). The van der Waals surface area contributed by atoms with Crippen molar-refractivity contribution in [3.63, 3.8) is 0 Å². The zero-order valence-electron chi connectivity index (χ0n) is 7.84. The van der Waals surface area contributed by atoms with Crippen molar-refractivity contribution in [3.05, 3.63) is 0 Å². The van der Waals surface area contributed by atoms with Gasteiger partial charge in [0.05, 0.1) is 0 Å². The Morgan fingerprint density at radius 2 is 2.00 bits per heavy atom. The molecule has 2 atom stereocenters. The second-order valence-corrected chi connectivity index (χ2v) is 4.42. The number of nitrogens with zero attached hydrogens (tertiary/aromatic N) is 1. The first-order valence-corrected chi connectivity index (χ1v) is 5.31. The van der Waals surface area contributed by atoms with Gasteiger partial charge >= 0.3 is 0 Å². The molecule has 1 saturated carbocycles. The van der Waals surface area contributed by atoms with Crippen LogP contribution in [0.4, 0.5) is 0 Å². The average molecular weight is 168 g/mol. The molecule has 2 N–H and O–H groups in total. The maximum Gasteiger partial charge on any atom is 0.0105 e. The Kier molecular flexibility index (Phi) is 2.66. The summed E-state index contributed by atoms with van der Waals surface area (Å²) in [6, 6.07) is 0. The minimum atomic E-state index is 0.831. The van der Waals surface area contributed by atoms with E-state index in [1.807, 2.05) is 0 Å². The average Bonchev–Trinajstić information content (AvgIpc) is 2.37. The maximum absolute atomic E-state index is 5.57. The molecule has 2 bridgehead atoms. The van der Waals surface area contributed by atoms with Gasteiger partial charge in [0.1, 0.15) is 0 Å². The molecule has 2 fully saturated rings. The summed E-state index contributed by atoms with van der Waals surface area (Å²) in [5, 5.41) is 0. The largest absolute Gasteiger partial charge is 0.329 e. The Hall–Kier alpha value is -0.0800. The number of rotatable bonds is 2. The van der Waals surface area contributed by atoms with Crippen molar-refractivity contribution < 1.29 is 0 Å². The van der Waals surface area contributed by atoms with E-state index in [1.165, 1.54) is 38.8 Å². The molecule has 0 amide bonds. The zero-order chi connectivity index (χ0) is 8.39. The summed E-state index contributed by atoms with van der Waals surface area (Å²) in [5.41, 5.74) is 5.57. The number of hydrogen-bond acceptors (Lipinski definition) is 2. The Balaban J connectivity index is 1.87. The normalized spacial score (nSPS) is 36.8. The highest BCUT2D eigenvalue weighted by atomic mass is 15.1. The van der Waals surface area contributed by atoms with E-state index >= 15 is 0 Å². The minimum absolute atomic E-state index is 0.831. The lowest BCUT2D eigenvalue weighted by Crippen LogP contribution is -2.33. The van der Waals surface area contributed by atoms with Crippen LogP contribution in [0.1, 0.15) is 25.7 Å². The van der Waals surface area contributed by atoms with Crippen LogP contribution < -0.4 is 5.73 Å². The fourth-order valence-corrected chi connectivity index (χ4v) is 2.81. The molecular weight excluding hydrogens is 148 g/mol. The van der Waals surface area contributed by atoms with Gasteiger partial charge in [-0.25, -0.2) is 0 Å². The summed E-state index contributed by atoms with van der Waals surface area (Å²) in [4.78, 5) is 2.56. The molecule has 2 unspecified atom stereocenters. The number of fused-ring (bicyclic) bond motifs is 2. The quantitative estimate of drug-likeness (QED) is 0.668. The highest BCUT2D eigenvalue weighted by Crippen LogP contribution is 2.35. The summed E-state index contributed by atoms with van der Waals surface area (Å²) in [7, 11) is 0. The SMILES string of the molecule is NCCN1CCC2CCC(C2)C1. The van der Waals surface area contributed by atoms with Crippen LogP contribution >= 0.6 is 0 Å². The molecule has 0 aromatic rings. The van der Waals surface area contributed by atoms with E-state index in [2.05, 4.69) is 4.90 Å². The van der Waals surface area contributed by atoms with Crippen molar-refractivity contribution in [1.29, 1.82) is 0 Å². The van der Waals surface area contributed by atoms with Crippen LogP contribution in [-0.4, -0.2) is 31.1 Å². The third-order valence-electron chi connectivity index (χ3n) is 3.47. The van der Waals surface area contributed by atoms with Gasteiger partial charge in [0.15, 0.2) is 0 Å². The monoisotopic (exact) mass is 168 g/mol. The summed E-state index contributed by atoms with van der Waals surface area (Å²) >= 11 is 0. The van der Waals surface area contributed by atoms with Gasteiger partial charge in [-0.15, -0.1) is 0 Å². The Morgan fingerprint density at radius 1 is 1.17 bits per heavy atom. The van der Waals surface area contributed by atoms with E-state index < -0.39 is 0 Å². The van der Waals surface area contributed by atoms with E-state index in [0.29, 0.717) is 0 Å². The first-order valence-electron chi connectivity index (χ1n) is 5.31. The molecule has 70 valence electrons. The lowest BCUT2D eigenvalue weighted by Gasteiger charge is -2.23. The van der Waals surface area contributed by atoms with Gasteiger partial charge in [0, 0.05) is 19.6 Å². The van der Waals surface area contributed by atoms with Crippen LogP contribution in [0.15, 0.2) is 0 Å². The van der Waals surface area contributed by atoms with Crippen LogP contribution in [0.5, 0.6) is 0 Å². The van der Waals surface area contributed by atoms with Crippen LogP contribution in [0.3, 0.4) is 0 Å². The van der Waals surface area contributed by atoms with Gasteiger partial charge in [-0.3, -0.25) is 0 Å². The van der Waals surface area contributed by atoms with Crippen molar-refractivity contribution in [2.24, 2.45) is 17.6 Å². The van der Waals surface area contributed by atoms with Crippen molar-refractivity contribution in [2.45, 2.75) is 25.7 Å². The fourth-order valence-electron chi connectivity index (χ4n) is 2.81.